The molecule has 6 nitrogen and oxygen atoms in total. The number of amides is 1. The van der Waals surface area contributed by atoms with E-state index in [9.17, 15) is 9.59 Å². The van der Waals surface area contributed by atoms with Gasteiger partial charge in [-0.25, -0.2) is 4.68 Å². The molecule has 3 aromatic rings. The predicted octanol–water partition coefficient (Wildman–Crippen LogP) is 3.42. The van der Waals surface area contributed by atoms with Crippen molar-refractivity contribution >= 4 is 33.0 Å². The zero-order valence-electron chi connectivity index (χ0n) is 15.2. The highest BCUT2D eigenvalue weighted by Crippen LogP contribution is 2.24. The highest BCUT2D eigenvalue weighted by molar-refractivity contribution is 7.17. The van der Waals surface area contributed by atoms with Gasteiger partial charge in [-0.2, -0.15) is 5.10 Å². The molecule has 0 saturated heterocycles. The molecule has 0 aromatic carbocycles. The van der Waals surface area contributed by atoms with E-state index >= 15 is 0 Å². The number of thiophene rings is 1. The zero-order chi connectivity index (χ0) is 18.3. The van der Waals surface area contributed by atoms with Gasteiger partial charge in [-0.05, 0) is 44.2 Å². The summed E-state index contributed by atoms with van der Waals surface area (Å²) < 4.78 is 4.27. The van der Waals surface area contributed by atoms with Gasteiger partial charge in [0.05, 0.1) is 10.2 Å². The van der Waals surface area contributed by atoms with Crippen LogP contribution in [-0.2, 0) is 4.79 Å². The number of nitrogens with zero attached hydrogens (tertiary/aromatic N) is 3. The first-order chi connectivity index (χ1) is 12.6. The van der Waals surface area contributed by atoms with Crippen LogP contribution in [0.15, 0.2) is 22.3 Å². The highest BCUT2D eigenvalue weighted by Gasteiger charge is 2.23. The van der Waals surface area contributed by atoms with Gasteiger partial charge in [-0.3, -0.25) is 14.0 Å². The van der Waals surface area contributed by atoms with Crippen molar-refractivity contribution in [2.75, 3.05) is 0 Å². The highest BCUT2D eigenvalue weighted by atomic mass is 32.1. The molecule has 4 rings (SSSR count). The van der Waals surface area contributed by atoms with Crippen LogP contribution in [0.2, 0.25) is 0 Å². The summed E-state index contributed by atoms with van der Waals surface area (Å²) in [4.78, 5) is 25.7. The van der Waals surface area contributed by atoms with Gasteiger partial charge in [-0.1, -0.05) is 25.7 Å². The van der Waals surface area contributed by atoms with Gasteiger partial charge in [0.2, 0.25) is 5.91 Å². The molecule has 1 saturated carbocycles. The van der Waals surface area contributed by atoms with Crippen molar-refractivity contribution in [3.05, 3.63) is 33.7 Å². The van der Waals surface area contributed by atoms with Gasteiger partial charge in [-0.15, -0.1) is 11.3 Å². The van der Waals surface area contributed by atoms with Crippen molar-refractivity contribution in [3.8, 4) is 0 Å². The molecule has 1 amide bonds. The summed E-state index contributed by atoms with van der Waals surface area (Å²) in [7, 11) is 0. The molecule has 1 aliphatic rings. The van der Waals surface area contributed by atoms with Gasteiger partial charge in [0.1, 0.15) is 17.4 Å². The summed E-state index contributed by atoms with van der Waals surface area (Å²) in [5.74, 6) is 0.589. The minimum atomic E-state index is -0.623. The average molecular weight is 372 g/mol. The predicted molar refractivity (Wildman–Crippen MR) is 104 cm³/mol. The lowest BCUT2D eigenvalue weighted by Crippen LogP contribution is -2.42. The monoisotopic (exact) mass is 372 g/mol. The van der Waals surface area contributed by atoms with Crippen LogP contribution in [0.4, 0.5) is 0 Å². The van der Waals surface area contributed by atoms with Crippen molar-refractivity contribution < 1.29 is 4.79 Å². The Kier molecular flexibility index (Phi) is 4.56. The fourth-order valence-electron chi connectivity index (χ4n) is 3.91. The molecular formula is C19H24N4O2S. The Labute approximate surface area is 155 Å². The quantitative estimate of drug-likeness (QED) is 0.716. The Morgan fingerprint density at radius 2 is 2.00 bits per heavy atom. The third-order valence-corrected chi connectivity index (χ3v) is 6.23. The lowest BCUT2D eigenvalue weighted by Gasteiger charge is -2.20. The molecule has 0 aliphatic heterocycles. The molecule has 0 spiro atoms. The standard InChI is InChI=1S/C19H24N4O2S/c1-12(18(24)20-14-7-5-3-4-6-8-14)23-19(25)16-11-17-15(9-10-26-17)22(16)13(2)21-23/h9-12,14H,3-8H2,1-2H3,(H,20,24)/t12-/m1/s1. The van der Waals surface area contributed by atoms with Gasteiger partial charge >= 0.3 is 0 Å². The van der Waals surface area contributed by atoms with Gasteiger partial charge in [0.25, 0.3) is 5.56 Å². The molecule has 7 heteroatoms. The molecule has 1 atom stereocenters. The summed E-state index contributed by atoms with van der Waals surface area (Å²) in [6.07, 6.45) is 6.84. The SMILES string of the molecule is Cc1nn([C@H](C)C(=O)NC2CCCCCC2)c(=O)c2cc3sccc3n12. The first-order valence-electron chi connectivity index (χ1n) is 9.34. The molecule has 1 fully saturated rings. The summed E-state index contributed by atoms with van der Waals surface area (Å²) >= 11 is 1.60. The van der Waals surface area contributed by atoms with Crippen LogP contribution in [0.3, 0.4) is 0 Å². The lowest BCUT2D eigenvalue weighted by molar-refractivity contribution is -0.125. The number of fused-ring (bicyclic) bond motifs is 3. The molecule has 3 aromatic heterocycles. The normalized spacial score (nSPS) is 17.5. The maximum atomic E-state index is 12.9. The van der Waals surface area contributed by atoms with Crippen LogP contribution >= 0.6 is 11.3 Å². The number of hydrogen-bond acceptors (Lipinski definition) is 4. The second kappa shape index (κ2) is 6.87. The van der Waals surface area contributed by atoms with Gasteiger partial charge in [0.15, 0.2) is 0 Å². The van der Waals surface area contributed by atoms with Crippen LogP contribution in [0.5, 0.6) is 0 Å². The third kappa shape index (κ3) is 2.94. The Hall–Kier alpha value is -2.15. The number of nitrogens with one attached hydrogen (secondary N) is 1. The topological polar surface area (TPSA) is 68.4 Å². The minimum absolute atomic E-state index is 0.122. The maximum Gasteiger partial charge on any atom is 0.291 e. The Morgan fingerprint density at radius 3 is 2.73 bits per heavy atom. The fraction of sp³-hybridized carbons (Fsp3) is 0.526. The first kappa shape index (κ1) is 17.3. The average Bonchev–Trinajstić information content (AvgIpc) is 3.12. The van der Waals surface area contributed by atoms with E-state index in [1.807, 2.05) is 28.8 Å². The molecule has 0 radical (unpaired) electrons. The molecule has 0 bridgehead atoms. The van der Waals surface area contributed by atoms with E-state index in [-0.39, 0.29) is 17.5 Å². The van der Waals surface area contributed by atoms with Crippen LogP contribution in [0.25, 0.3) is 15.7 Å². The van der Waals surface area contributed by atoms with Crippen LogP contribution in [0, 0.1) is 6.92 Å². The van der Waals surface area contributed by atoms with Crippen molar-refractivity contribution in [2.24, 2.45) is 0 Å². The molecule has 0 unspecified atom stereocenters. The Morgan fingerprint density at radius 1 is 1.27 bits per heavy atom. The van der Waals surface area contributed by atoms with Crippen molar-refractivity contribution in [2.45, 2.75) is 64.5 Å². The van der Waals surface area contributed by atoms with Crippen molar-refractivity contribution in [1.29, 1.82) is 0 Å². The first-order valence-corrected chi connectivity index (χ1v) is 10.2. The summed E-state index contributed by atoms with van der Waals surface area (Å²) in [5.41, 5.74) is 1.35. The van der Waals surface area contributed by atoms with Crippen LogP contribution in [-0.4, -0.2) is 26.1 Å². The summed E-state index contributed by atoms with van der Waals surface area (Å²) in [5, 5.41) is 9.58. The second-order valence-electron chi connectivity index (χ2n) is 7.21. The molecule has 3 heterocycles. The Balaban J connectivity index is 1.65. The van der Waals surface area contributed by atoms with E-state index in [2.05, 4.69) is 10.4 Å². The van der Waals surface area contributed by atoms with E-state index in [4.69, 9.17) is 0 Å². The van der Waals surface area contributed by atoms with E-state index < -0.39 is 6.04 Å². The van der Waals surface area contributed by atoms with Gasteiger partial charge < -0.3 is 5.32 Å². The Bertz CT molecular complexity index is 1010. The number of aryl methyl sites for hydroxylation is 1. The fourth-order valence-corrected chi connectivity index (χ4v) is 4.72. The minimum Gasteiger partial charge on any atom is -0.352 e. The number of aromatic nitrogens is 3. The van der Waals surface area contributed by atoms with E-state index in [1.165, 1.54) is 17.5 Å². The van der Waals surface area contributed by atoms with E-state index in [1.54, 1.807) is 18.3 Å². The molecule has 1 aliphatic carbocycles. The van der Waals surface area contributed by atoms with Crippen LogP contribution in [0.1, 0.15) is 57.3 Å². The van der Waals surface area contributed by atoms with E-state index in [0.29, 0.717) is 11.3 Å². The van der Waals surface area contributed by atoms with Crippen LogP contribution < -0.4 is 10.9 Å². The third-order valence-electron chi connectivity index (χ3n) is 5.37. The number of carbonyl (C=O) groups excluding carboxylic acids is 1. The number of hydrogen-bond donors (Lipinski definition) is 1. The van der Waals surface area contributed by atoms with Crippen molar-refractivity contribution in [3.63, 3.8) is 0 Å². The largest absolute Gasteiger partial charge is 0.352 e. The van der Waals surface area contributed by atoms with E-state index in [0.717, 1.165) is 35.9 Å². The lowest BCUT2D eigenvalue weighted by atomic mass is 10.1. The van der Waals surface area contributed by atoms with Gasteiger partial charge in [0, 0.05) is 6.04 Å². The second-order valence-corrected chi connectivity index (χ2v) is 8.15. The number of rotatable bonds is 3. The zero-order valence-corrected chi connectivity index (χ0v) is 16.0. The molecule has 26 heavy (non-hydrogen) atoms. The summed E-state index contributed by atoms with van der Waals surface area (Å²) in [6.45, 7) is 3.62. The maximum absolute atomic E-state index is 12.9. The molecular weight excluding hydrogens is 348 g/mol. The summed E-state index contributed by atoms with van der Waals surface area (Å²) in [6, 6.07) is 3.48. The molecule has 138 valence electrons. The number of carbonyl (C=O) groups is 1. The molecule has 1 N–H and O–H groups in total. The van der Waals surface area contributed by atoms with Crippen molar-refractivity contribution in [1.82, 2.24) is 19.5 Å². The smallest absolute Gasteiger partial charge is 0.291 e.